The lowest BCUT2D eigenvalue weighted by Gasteiger charge is -2.16. The van der Waals surface area contributed by atoms with Crippen molar-refractivity contribution < 1.29 is 4.79 Å². The monoisotopic (exact) mass is 364 g/mol. The zero-order chi connectivity index (χ0) is 19.1. The summed E-state index contributed by atoms with van der Waals surface area (Å²) in [5.74, 6) is 1.25. The van der Waals surface area contributed by atoms with Crippen molar-refractivity contribution in [3.63, 3.8) is 0 Å². The Balaban J connectivity index is 1.74. The van der Waals surface area contributed by atoms with E-state index in [0.29, 0.717) is 5.78 Å². The minimum atomic E-state index is -0.158. The first-order valence-electron chi connectivity index (χ1n) is 10.8. The van der Waals surface area contributed by atoms with E-state index in [1.807, 2.05) is 20.8 Å². The number of hydrogen-bond acceptors (Lipinski definition) is 4. The van der Waals surface area contributed by atoms with Crippen LogP contribution >= 0.6 is 0 Å². The molecule has 150 valence electrons. The van der Waals surface area contributed by atoms with Crippen LogP contribution in [0.15, 0.2) is 0 Å². The van der Waals surface area contributed by atoms with Gasteiger partial charge in [0.15, 0.2) is 5.82 Å². The Kier molecular flexibility index (Phi) is 12.2. The average molecular weight is 365 g/mol. The van der Waals surface area contributed by atoms with Crippen LogP contribution in [0.5, 0.6) is 0 Å². The van der Waals surface area contributed by atoms with Gasteiger partial charge in [-0.15, -0.1) is 10.2 Å². The van der Waals surface area contributed by atoms with Crippen molar-refractivity contribution in [2.75, 3.05) is 0 Å². The van der Waals surface area contributed by atoms with Crippen molar-refractivity contribution in [3.05, 3.63) is 5.82 Å². The summed E-state index contributed by atoms with van der Waals surface area (Å²) in [7, 11) is 0. The van der Waals surface area contributed by atoms with Crippen LogP contribution in [0.2, 0.25) is 0 Å². The highest BCUT2D eigenvalue weighted by Crippen LogP contribution is 2.19. The third-order valence-corrected chi connectivity index (χ3v) is 5.03. The number of aromatic amines is 1. The second-order valence-corrected chi connectivity index (χ2v) is 8.60. The van der Waals surface area contributed by atoms with Gasteiger partial charge >= 0.3 is 0 Å². The third-order valence-electron chi connectivity index (χ3n) is 5.03. The molecule has 0 radical (unpaired) electrons. The normalized spacial score (nSPS) is 11.8. The number of aromatic nitrogens is 4. The minimum absolute atomic E-state index is 0.158. The zero-order valence-electron chi connectivity index (χ0n) is 17.4. The van der Waals surface area contributed by atoms with Crippen molar-refractivity contribution in [2.24, 2.45) is 5.41 Å². The van der Waals surface area contributed by atoms with Gasteiger partial charge in [-0.25, -0.2) is 0 Å². The van der Waals surface area contributed by atoms with Gasteiger partial charge in [0.1, 0.15) is 5.78 Å². The molecule has 1 rings (SSSR count). The number of unbranched alkanes of at least 4 members (excludes halogenated alkanes) is 12. The Bertz CT molecular complexity index is 451. The molecule has 5 nitrogen and oxygen atoms in total. The van der Waals surface area contributed by atoms with Gasteiger partial charge in [-0.2, -0.15) is 5.21 Å². The summed E-state index contributed by atoms with van der Waals surface area (Å²) in [5, 5.41) is 14.0. The highest BCUT2D eigenvalue weighted by molar-refractivity contribution is 5.83. The van der Waals surface area contributed by atoms with Crippen LogP contribution in [-0.4, -0.2) is 26.4 Å². The number of ketones is 1. The number of aryl methyl sites for hydroxylation is 1. The fourth-order valence-electron chi connectivity index (χ4n) is 3.18. The number of carbonyl (C=O) groups excluding carboxylic acids is 1. The average Bonchev–Trinajstić information content (AvgIpc) is 3.10. The first-order valence-corrected chi connectivity index (χ1v) is 10.8. The first-order chi connectivity index (χ1) is 12.5. The quantitative estimate of drug-likeness (QED) is 0.375. The fraction of sp³-hybridized carbons (Fsp3) is 0.905. The lowest BCUT2D eigenvalue weighted by Crippen LogP contribution is -2.19. The molecule has 0 saturated carbocycles. The molecular weight excluding hydrogens is 324 g/mol. The van der Waals surface area contributed by atoms with Crippen molar-refractivity contribution in [1.29, 1.82) is 0 Å². The van der Waals surface area contributed by atoms with Gasteiger partial charge in [0.25, 0.3) is 0 Å². The molecule has 1 heterocycles. The largest absolute Gasteiger partial charge is 0.299 e. The van der Waals surface area contributed by atoms with Gasteiger partial charge < -0.3 is 0 Å². The summed E-state index contributed by atoms with van der Waals surface area (Å²) < 4.78 is 0. The predicted molar refractivity (Wildman–Crippen MR) is 107 cm³/mol. The lowest BCUT2D eigenvalue weighted by molar-refractivity contribution is -0.126. The summed E-state index contributed by atoms with van der Waals surface area (Å²) in [6.45, 7) is 6.06. The molecule has 0 atom stereocenters. The number of Topliss-reactive ketones (excluding diaryl/α,β-unsaturated/α-hetero) is 1. The predicted octanol–water partition coefficient (Wildman–Crippen LogP) is 5.82. The molecule has 1 N–H and O–H groups in total. The minimum Gasteiger partial charge on any atom is -0.299 e. The van der Waals surface area contributed by atoms with Crippen molar-refractivity contribution in [1.82, 2.24) is 20.6 Å². The Labute approximate surface area is 160 Å². The molecule has 26 heavy (non-hydrogen) atoms. The van der Waals surface area contributed by atoms with Crippen LogP contribution in [-0.2, 0) is 11.2 Å². The van der Waals surface area contributed by atoms with Gasteiger partial charge in [0, 0.05) is 18.3 Å². The molecule has 1 aromatic heterocycles. The van der Waals surface area contributed by atoms with Crippen molar-refractivity contribution >= 4 is 5.78 Å². The maximum absolute atomic E-state index is 11.8. The second kappa shape index (κ2) is 13.9. The molecule has 0 spiro atoms. The van der Waals surface area contributed by atoms with Gasteiger partial charge in [0.2, 0.25) is 0 Å². The van der Waals surface area contributed by atoms with Gasteiger partial charge in [0.05, 0.1) is 0 Å². The third kappa shape index (κ3) is 12.2. The van der Waals surface area contributed by atoms with E-state index in [9.17, 15) is 4.79 Å². The van der Waals surface area contributed by atoms with Crippen LogP contribution in [0.3, 0.4) is 0 Å². The number of nitrogens with zero attached hydrogens (tertiary/aromatic N) is 3. The first kappa shape index (κ1) is 22.8. The topological polar surface area (TPSA) is 71.5 Å². The highest BCUT2D eigenvalue weighted by atomic mass is 16.1. The number of H-pyrrole nitrogens is 1. The smallest absolute Gasteiger partial charge is 0.174 e. The number of carbonyl (C=O) groups is 1. The van der Waals surface area contributed by atoms with E-state index in [2.05, 4.69) is 20.6 Å². The number of nitrogens with one attached hydrogen (secondary N) is 1. The van der Waals surface area contributed by atoms with E-state index in [0.717, 1.165) is 25.1 Å². The summed E-state index contributed by atoms with van der Waals surface area (Å²) in [6.07, 6.45) is 18.6. The Morgan fingerprint density at radius 2 is 1.23 bits per heavy atom. The van der Waals surface area contributed by atoms with E-state index in [1.165, 1.54) is 77.0 Å². The lowest BCUT2D eigenvalue weighted by atomic mass is 9.88. The molecule has 0 bridgehead atoms. The SMILES string of the molecule is CC(C)(C)C(=O)CCCCCCCCCCCCCCCc1nn[nH]n1. The summed E-state index contributed by atoms with van der Waals surface area (Å²) in [5.41, 5.74) is -0.158. The molecule has 1 aromatic rings. The Morgan fingerprint density at radius 1 is 0.769 bits per heavy atom. The zero-order valence-corrected chi connectivity index (χ0v) is 17.4. The van der Waals surface area contributed by atoms with E-state index < -0.39 is 0 Å². The summed E-state index contributed by atoms with van der Waals surface area (Å²) in [4.78, 5) is 11.8. The van der Waals surface area contributed by atoms with Crippen LogP contribution in [0.1, 0.15) is 116 Å². The molecule has 0 aliphatic heterocycles. The van der Waals surface area contributed by atoms with Crippen LogP contribution in [0.4, 0.5) is 0 Å². The molecule has 5 heteroatoms. The Hall–Kier alpha value is -1.26. The summed E-state index contributed by atoms with van der Waals surface area (Å²) in [6, 6.07) is 0. The number of rotatable bonds is 16. The number of hydrogen-bond donors (Lipinski definition) is 1. The Morgan fingerprint density at radius 3 is 1.65 bits per heavy atom. The van der Waals surface area contributed by atoms with E-state index in [4.69, 9.17) is 0 Å². The second-order valence-electron chi connectivity index (χ2n) is 8.60. The van der Waals surface area contributed by atoms with Gasteiger partial charge in [-0.1, -0.05) is 96.6 Å². The van der Waals surface area contributed by atoms with Crippen molar-refractivity contribution in [2.45, 2.75) is 117 Å². The fourth-order valence-corrected chi connectivity index (χ4v) is 3.18. The molecular formula is C21H40N4O. The van der Waals surface area contributed by atoms with Gasteiger partial charge in [-0.05, 0) is 12.8 Å². The molecule has 0 fully saturated rings. The van der Waals surface area contributed by atoms with Gasteiger partial charge in [-0.3, -0.25) is 4.79 Å². The molecule has 0 aromatic carbocycles. The van der Waals surface area contributed by atoms with Crippen LogP contribution in [0, 0.1) is 5.41 Å². The molecule has 0 aliphatic carbocycles. The number of tetrazole rings is 1. The molecule has 0 unspecified atom stereocenters. The van der Waals surface area contributed by atoms with Crippen LogP contribution in [0.25, 0.3) is 0 Å². The van der Waals surface area contributed by atoms with Crippen molar-refractivity contribution in [3.8, 4) is 0 Å². The summed E-state index contributed by atoms with van der Waals surface area (Å²) >= 11 is 0. The molecule has 0 saturated heterocycles. The maximum atomic E-state index is 11.8. The maximum Gasteiger partial charge on any atom is 0.174 e. The molecule has 0 amide bonds. The highest BCUT2D eigenvalue weighted by Gasteiger charge is 2.19. The standard InChI is InChI=1S/C21H40N4O/c1-21(2,3)19(26)17-15-13-11-9-7-5-4-6-8-10-12-14-16-18-20-22-24-25-23-20/h4-18H2,1-3H3,(H,22,23,24,25). The van der Waals surface area contributed by atoms with E-state index in [1.54, 1.807) is 0 Å². The van der Waals surface area contributed by atoms with E-state index in [-0.39, 0.29) is 5.41 Å². The molecule has 0 aliphatic rings. The van der Waals surface area contributed by atoms with E-state index >= 15 is 0 Å². The van der Waals surface area contributed by atoms with Crippen LogP contribution < -0.4 is 0 Å².